The molecule has 3 rings (SSSR count). The van der Waals surface area contributed by atoms with E-state index >= 15 is 0 Å². The number of rotatable bonds is 7. The SMILES string of the molecule is O=C(CSc1ccccc1F)NCCc1ccc(-n2cccn2)cc1. The van der Waals surface area contributed by atoms with Crippen molar-refractivity contribution in [1.82, 2.24) is 15.1 Å². The zero-order valence-corrected chi connectivity index (χ0v) is 14.4. The molecule has 0 saturated carbocycles. The Morgan fingerprint density at radius 1 is 1.12 bits per heavy atom. The first-order chi connectivity index (χ1) is 12.2. The molecule has 0 atom stereocenters. The number of carbonyl (C=O) groups is 1. The summed E-state index contributed by atoms with van der Waals surface area (Å²) in [6.45, 7) is 0.553. The summed E-state index contributed by atoms with van der Waals surface area (Å²) in [5.74, 6) is -0.182. The molecule has 1 aromatic heterocycles. The molecule has 3 aromatic rings. The average Bonchev–Trinajstić information content (AvgIpc) is 3.16. The zero-order chi connectivity index (χ0) is 17.5. The molecule has 0 aliphatic heterocycles. The summed E-state index contributed by atoms with van der Waals surface area (Å²) in [6.07, 6.45) is 4.38. The number of nitrogens with zero attached hydrogens (tertiary/aromatic N) is 2. The van der Waals surface area contributed by atoms with Gasteiger partial charge in [0, 0.05) is 23.8 Å². The fourth-order valence-electron chi connectivity index (χ4n) is 2.34. The minimum atomic E-state index is -0.294. The van der Waals surface area contributed by atoms with E-state index in [-0.39, 0.29) is 17.5 Å². The summed E-state index contributed by atoms with van der Waals surface area (Å²) in [5, 5.41) is 7.05. The van der Waals surface area contributed by atoms with Crippen LogP contribution in [-0.4, -0.2) is 28.0 Å². The van der Waals surface area contributed by atoms with Crippen molar-refractivity contribution in [2.24, 2.45) is 0 Å². The van der Waals surface area contributed by atoms with E-state index in [9.17, 15) is 9.18 Å². The van der Waals surface area contributed by atoms with Crippen LogP contribution in [0.2, 0.25) is 0 Å². The lowest BCUT2D eigenvalue weighted by atomic mass is 10.1. The molecule has 0 aliphatic carbocycles. The van der Waals surface area contributed by atoms with Gasteiger partial charge in [-0.3, -0.25) is 4.79 Å². The third-order valence-electron chi connectivity index (χ3n) is 3.64. The van der Waals surface area contributed by atoms with E-state index in [1.165, 1.54) is 17.8 Å². The molecular formula is C19H18FN3OS. The highest BCUT2D eigenvalue weighted by atomic mass is 32.2. The van der Waals surface area contributed by atoms with E-state index in [0.717, 1.165) is 17.7 Å². The Labute approximate surface area is 150 Å². The number of hydrogen-bond acceptors (Lipinski definition) is 3. The van der Waals surface area contributed by atoms with Crippen LogP contribution < -0.4 is 5.32 Å². The van der Waals surface area contributed by atoms with E-state index in [1.54, 1.807) is 29.1 Å². The van der Waals surface area contributed by atoms with Crippen molar-refractivity contribution in [2.75, 3.05) is 12.3 Å². The first kappa shape index (κ1) is 17.2. The van der Waals surface area contributed by atoms with Crippen molar-refractivity contribution in [2.45, 2.75) is 11.3 Å². The average molecular weight is 355 g/mol. The molecule has 25 heavy (non-hydrogen) atoms. The van der Waals surface area contributed by atoms with Gasteiger partial charge in [-0.15, -0.1) is 11.8 Å². The van der Waals surface area contributed by atoms with Crippen LogP contribution in [-0.2, 0) is 11.2 Å². The highest BCUT2D eigenvalue weighted by Gasteiger charge is 2.06. The lowest BCUT2D eigenvalue weighted by molar-refractivity contribution is -0.118. The monoisotopic (exact) mass is 355 g/mol. The highest BCUT2D eigenvalue weighted by molar-refractivity contribution is 8.00. The molecule has 0 radical (unpaired) electrons. The number of amides is 1. The number of carbonyl (C=O) groups excluding carboxylic acids is 1. The van der Waals surface area contributed by atoms with Crippen molar-refractivity contribution < 1.29 is 9.18 Å². The molecular weight excluding hydrogens is 337 g/mol. The molecule has 0 saturated heterocycles. The summed E-state index contributed by atoms with van der Waals surface area (Å²) in [5.41, 5.74) is 2.14. The second kappa shape index (κ2) is 8.48. The van der Waals surface area contributed by atoms with E-state index in [4.69, 9.17) is 0 Å². The third-order valence-corrected chi connectivity index (χ3v) is 4.69. The molecule has 128 valence electrons. The van der Waals surface area contributed by atoms with Gasteiger partial charge in [0.25, 0.3) is 0 Å². The van der Waals surface area contributed by atoms with Crippen molar-refractivity contribution >= 4 is 17.7 Å². The number of nitrogens with one attached hydrogen (secondary N) is 1. The Morgan fingerprint density at radius 3 is 2.64 bits per heavy atom. The molecule has 4 nitrogen and oxygen atoms in total. The van der Waals surface area contributed by atoms with E-state index < -0.39 is 0 Å². The number of hydrogen-bond donors (Lipinski definition) is 1. The number of aromatic nitrogens is 2. The summed E-state index contributed by atoms with van der Waals surface area (Å²) in [4.78, 5) is 12.4. The van der Waals surface area contributed by atoms with Crippen molar-refractivity contribution in [1.29, 1.82) is 0 Å². The third kappa shape index (κ3) is 4.93. The van der Waals surface area contributed by atoms with E-state index in [1.807, 2.05) is 36.5 Å². The second-order valence-electron chi connectivity index (χ2n) is 5.44. The van der Waals surface area contributed by atoms with Crippen LogP contribution in [0.25, 0.3) is 5.69 Å². The molecule has 0 fully saturated rings. The predicted octanol–water partition coefficient (Wildman–Crippen LogP) is 3.46. The smallest absolute Gasteiger partial charge is 0.230 e. The molecule has 2 aromatic carbocycles. The maximum atomic E-state index is 13.5. The fourth-order valence-corrected chi connectivity index (χ4v) is 3.11. The molecule has 1 heterocycles. The van der Waals surface area contributed by atoms with Gasteiger partial charge in [0.15, 0.2) is 0 Å². The van der Waals surface area contributed by atoms with Crippen LogP contribution in [0.3, 0.4) is 0 Å². The standard InChI is InChI=1S/C19H18FN3OS/c20-17-4-1-2-5-18(17)25-14-19(24)21-12-10-15-6-8-16(9-7-15)23-13-3-11-22-23/h1-9,11,13H,10,12,14H2,(H,21,24). The van der Waals surface area contributed by atoms with Gasteiger partial charge in [0.2, 0.25) is 5.91 Å². The predicted molar refractivity (Wildman–Crippen MR) is 97.4 cm³/mol. The Morgan fingerprint density at radius 2 is 1.92 bits per heavy atom. The highest BCUT2D eigenvalue weighted by Crippen LogP contribution is 2.20. The van der Waals surface area contributed by atoms with Crippen LogP contribution in [0.4, 0.5) is 4.39 Å². The Balaban J connectivity index is 1.42. The molecule has 6 heteroatoms. The van der Waals surface area contributed by atoms with Crippen LogP contribution in [0, 0.1) is 5.82 Å². The Kier molecular flexibility index (Phi) is 5.85. The quantitative estimate of drug-likeness (QED) is 0.660. The summed E-state index contributed by atoms with van der Waals surface area (Å²) >= 11 is 1.21. The molecule has 0 bridgehead atoms. The first-order valence-corrected chi connectivity index (χ1v) is 8.94. The van der Waals surface area contributed by atoms with Gasteiger partial charge in [-0.05, 0) is 42.3 Å². The lowest BCUT2D eigenvalue weighted by Gasteiger charge is -2.07. The summed E-state index contributed by atoms with van der Waals surface area (Å²) in [7, 11) is 0. The van der Waals surface area contributed by atoms with Gasteiger partial charge in [0.05, 0.1) is 11.4 Å². The van der Waals surface area contributed by atoms with Crippen molar-refractivity contribution in [3.05, 3.63) is 78.4 Å². The number of halogens is 1. The molecule has 1 N–H and O–H groups in total. The van der Waals surface area contributed by atoms with Crippen LogP contribution in [0.5, 0.6) is 0 Å². The van der Waals surface area contributed by atoms with E-state index in [2.05, 4.69) is 10.4 Å². The minimum absolute atomic E-state index is 0.0959. The first-order valence-electron chi connectivity index (χ1n) is 7.95. The maximum Gasteiger partial charge on any atom is 0.230 e. The Bertz CT molecular complexity index is 819. The zero-order valence-electron chi connectivity index (χ0n) is 13.6. The Hall–Kier alpha value is -2.60. The van der Waals surface area contributed by atoms with Gasteiger partial charge in [-0.1, -0.05) is 24.3 Å². The normalized spacial score (nSPS) is 10.6. The maximum absolute atomic E-state index is 13.5. The summed E-state index contributed by atoms with van der Waals surface area (Å²) in [6, 6.07) is 16.4. The van der Waals surface area contributed by atoms with Crippen LogP contribution in [0.1, 0.15) is 5.56 Å². The van der Waals surface area contributed by atoms with E-state index in [0.29, 0.717) is 11.4 Å². The van der Waals surface area contributed by atoms with Gasteiger partial charge in [0.1, 0.15) is 5.82 Å². The van der Waals surface area contributed by atoms with Gasteiger partial charge < -0.3 is 5.32 Å². The van der Waals surface area contributed by atoms with Crippen molar-refractivity contribution in [3.8, 4) is 5.69 Å². The van der Waals surface area contributed by atoms with Gasteiger partial charge >= 0.3 is 0 Å². The number of thioether (sulfide) groups is 1. The minimum Gasteiger partial charge on any atom is -0.355 e. The van der Waals surface area contributed by atoms with Gasteiger partial charge in [-0.2, -0.15) is 5.10 Å². The number of benzene rings is 2. The molecule has 0 aliphatic rings. The lowest BCUT2D eigenvalue weighted by Crippen LogP contribution is -2.27. The van der Waals surface area contributed by atoms with Crippen LogP contribution in [0.15, 0.2) is 71.9 Å². The molecule has 0 spiro atoms. The van der Waals surface area contributed by atoms with Gasteiger partial charge in [-0.25, -0.2) is 9.07 Å². The topological polar surface area (TPSA) is 46.9 Å². The largest absolute Gasteiger partial charge is 0.355 e. The van der Waals surface area contributed by atoms with Crippen LogP contribution >= 0.6 is 11.8 Å². The summed E-state index contributed by atoms with van der Waals surface area (Å²) < 4.78 is 15.3. The van der Waals surface area contributed by atoms with Crippen molar-refractivity contribution in [3.63, 3.8) is 0 Å². The molecule has 0 unspecified atom stereocenters. The fraction of sp³-hybridized carbons (Fsp3) is 0.158. The second-order valence-corrected chi connectivity index (χ2v) is 6.45. The molecule has 1 amide bonds.